The molecule has 112 valence electrons. The molecule has 21 heavy (non-hydrogen) atoms. The van der Waals surface area contributed by atoms with Gasteiger partial charge in [-0.2, -0.15) is 0 Å². The number of hydrogen-bond acceptors (Lipinski definition) is 7. The highest BCUT2D eigenvalue weighted by Crippen LogP contribution is 2.24. The fourth-order valence-electron chi connectivity index (χ4n) is 1.88. The highest BCUT2D eigenvalue weighted by molar-refractivity contribution is 7.09. The van der Waals surface area contributed by atoms with Gasteiger partial charge in [0.25, 0.3) is 5.69 Å². The molecule has 2 aromatic heterocycles. The average Bonchev–Trinajstić information content (AvgIpc) is 2.84. The minimum Gasteiger partial charge on any atom is -0.370 e. The van der Waals surface area contributed by atoms with Crippen molar-refractivity contribution in [3.05, 3.63) is 38.3 Å². The third-order valence-corrected chi connectivity index (χ3v) is 3.64. The van der Waals surface area contributed by atoms with Gasteiger partial charge < -0.3 is 10.2 Å². The standard InChI is InChI=1S/C13H17N5O2S/c1-4-14-12-5-11(18(19)20)6-13(16-12)17(3)7-10-8-21-9(2)15-10/h5-6,8H,4,7H2,1-3H3,(H,14,16). The molecule has 0 saturated heterocycles. The molecule has 0 saturated carbocycles. The predicted molar refractivity (Wildman–Crippen MR) is 84.0 cm³/mol. The summed E-state index contributed by atoms with van der Waals surface area (Å²) in [6, 6.07) is 2.91. The molecule has 0 aromatic carbocycles. The topological polar surface area (TPSA) is 84.2 Å². The van der Waals surface area contributed by atoms with Gasteiger partial charge in [0.05, 0.1) is 34.3 Å². The van der Waals surface area contributed by atoms with E-state index in [4.69, 9.17) is 0 Å². The molecule has 7 nitrogen and oxygen atoms in total. The van der Waals surface area contributed by atoms with Gasteiger partial charge in [-0.25, -0.2) is 9.97 Å². The van der Waals surface area contributed by atoms with E-state index in [0.717, 1.165) is 10.7 Å². The van der Waals surface area contributed by atoms with Gasteiger partial charge in [0, 0.05) is 19.0 Å². The highest BCUT2D eigenvalue weighted by atomic mass is 32.1. The van der Waals surface area contributed by atoms with Crippen molar-refractivity contribution < 1.29 is 4.92 Å². The van der Waals surface area contributed by atoms with E-state index in [0.29, 0.717) is 24.7 Å². The first-order valence-corrected chi connectivity index (χ1v) is 7.40. The van der Waals surface area contributed by atoms with E-state index >= 15 is 0 Å². The van der Waals surface area contributed by atoms with E-state index in [-0.39, 0.29) is 5.69 Å². The Bertz CT molecular complexity index is 643. The Hall–Kier alpha value is -2.22. The fraction of sp³-hybridized carbons (Fsp3) is 0.385. The van der Waals surface area contributed by atoms with Crippen LogP contribution in [0.25, 0.3) is 0 Å². The lowest BCUT2D eigenvalue weighted by atomic mass is 10.3. The molecule has 8 heteroatoms. The molecule has 0 spiro atoms. The average molecular weight is 307 g/mol. The Morgan fingerprint density at radius 2 is 2.19 bits per heavy atom. The number of hydrogen-bond donors (Lipinski definition) is 1. The zero-order chi connectivity index (χ0) is 15.4. The molecule has 0 radical (unpaired) electrons. The zero-order valence-corrected chi connectivity index (χ0v) is 13.0. The van der Waals surface area contributed by atoms with E-state index in [1.807, 2.05) is 31.2 Å². The van der Waals surface area contributed by atoms with Gasteiger partial charge >= 0.3 is 0 Å². The largest absolute Gasteiger partial charge is 0.370 e. The number of nitrogens with zero attached hydrogens (tertiary/aromatic N) is 4. The number of aryl methyl sites for hydroxylation is 1. The van der Waals surface area contributed by atoms with Crippen LogP contribution in [-0.2, 0) is 6.54 Å². The third-order valence-electron chi connectivity index (χ3n) is 2.82. The van der Waals surface area contributed by atoms with Crippen LogP contribution >= 0.6 is 11.3 Å². The summed E-state index contributed by atoms with van der Waals surface area (Å²) in [5, 5.41) is 17.0. The molecule has 0 aliphatic heterocycles. The second-order valence-corrected chi connectivity index (χ2v) is 5.63. The quantitative estimate of drug-likeness (QED) is 0.652. The minimum atomic E-state index is -0.410. The molecule has 1 N–H and O–H groups in total. The maximum Gasteiger partial charge on any atom is 0.276 e. The van der Waals surface area contributed by atoms with Crippen molar-refractivity contribution in [2.75, 3.05) is 23.8 Å². The lowest BCUT2D eigenvalue weighted by Crippen LogP contribution is -2.18. The smallest absolute Gasteiger partial charge is 0.276 e. The van der Waals surface area contributed by atoms with Crippen LogP contribution in [-0.4, -0.2) is 28.5 Å². The van der Waals surface area contributed by atoms with Crippen LogP contribution in [0.3, 0.4) is 0 Å². The van der Waals surface area contributed by atoms with Gasteiger partial charge in [-0.1, -0.05) is 0 Å². The van der Waals surface area contributed by atoms with Crippen LogP contribution in [0, 0.1) is 17.0 Å². The van der Waals surface area contributed by atoms with Crippen molar-refractivity contribution in [2.45, 2.75) is 20.4 Å². The first-order valence-electron chi connectivity index (χ1n) is 6.52. The van der Waals surface area contributed by atoms with Crippen molar-refractivity contribution in [1.29, 1.82) is 0 Å². The molecule has 0 unspecified atom stereocenters. The van der Waals surface area contributed by atoms with E-state index in [2.05, 4.69) is 15.3 Å². The summed E-state index contributed by atoms with van der Waals surface area (Å²) in [4.78, 5) is 21.2. The van der Waals surface area contributed by atoms with E-state index in [9.17, 15) is 10.1 Å². The number of thiazole rings is 1. The zero-order valence-electron chi connectivity index (χ0n) is 12.2. The number of nitrogens with one attached hydrogen (secondary N) is 1. The number of aromatic nitrogens is 2. The van der Waals surface area contributed by atoms with Crippen molar-refractivity contribution >= 4 is 28.7 Å². The van der Waals surface area contributed by atoms with Crippen LogP contribution in [0.1, 0.15) is 17.6 Å². The van der Waals surface area contributed by atoms with Crippen LogP contribution in [0.15, 0.2) is 17.5 Å². The summed E-state index contributed by atoms with van der Waals surface area (Å²) >= 11 is 1.58. The Morgan fingerprint density at radius 1 is 1.43 bits per heavy atom. The predicted octanol–water partition coefficient (Wildman–Crippen LogP) is 2.82. The molecule has 0 aliphatic carbocycles. The minimum absolute atomic E-state index is 0.0252. The first-order chi connectivity index (χ1) is 9.99. The van der Waals surface area contributed by atoms with Gasteiger partial charge in [0.2, 0.25) is 0 Å². The monoisotopic (exact) mass is 307 g/mol. The molecular weight excluding hydrogens is 290 g/mol. The molecular formula is C13H17N5O2S. The van der Waals surface area contributed by atoms with Gasteiger partial charge in [-0.15, -0.1) is 11.3 Å². The molecule has 0 amide bonds. The first kappa shape index (κ1) is 15.2. The molecule has 0 atom stereocenters. The van der Waals surface area contributed by atoms with Gasteiger partial charge in [-0.05, 0) is 13.8 Å². The lowest BCUT2D eigenvalue weighted by Gasteiger charge is -2.17. The Kier molecular flexibility index (Phi) is 4.69. The summed E-state index contributed by atoms with van der Waals surface area (Å²) in [5.74, 6) is 1.05. The van der Waals surface area contributed by atoms with E-state index < -0.39 is 4.92 Å². The molecule has 0 bridgehead atoms. The van der Waals surface area contributed by atoms with Crippen LogP contribution < -0.4 is 10.2 Å². The van der Waals surface area contributed by atoms with Crippen molar-refractivity contribution in [2.24, 2.45) is 0 Å². The van der Waals surface area contributed by atoms with Crippen molar-refractivity contribution in [3.8, 4) is 0 Å². The molecule has 2 aromatic rings. The molecule has 2 heterocycles. The van der Waals surface area contributed by atoms with Gasteiger partial charge in [0.15, 0.2) is 0 Å². The van der Waals surface area contributed by atoms with Crippen LogP contribution in [0.2, 0.25) is 0 Å². The van der Waals surface area contributed by atoms with Crippen LogP contribution in [0.5, 0.6) is 0 Å². The maximum absolute atomic E-state index is 11.0. The number of nitro groups is 1. The van der Waals surface area contributed by atoms with Crippen molar-refractivity contribution in [1.82, 2.24) is 9.97 Å². The Balaban J connectivity index is 2.26. The number of anilines is 2. The third kappa shape index (κ3) is 3.88. The number of pyridine rings is 1. The molecule has 0 fully saturated rings. The Morgan fingerprint density at radius 3 is 2.76 bits per heavy atom. The second-order valence-electron chi connectivity index (χ2n) is 4.57. The van der Waals surface area contributed by atoms with E-state index in [1.165, 1.54) is 12.1 Å². The summed E-state index contributed by atoms with van der Waals surface area (Å²) < 4.78 is 0. The van der Waals surface area contributed by atoms with Gasteiger partial charge in [0.1, 0.15) is 11.6 Å². The summed E-state index contributed by atoms with van der Waals surface area (Å²) in [5.41, 5.74) is 0.954. The number of rotatable bonds is 6. The summed E-state index contributed by atoms with van der Waals surface area (Å²) in [6.45, 7) is 5.08. The lowest BCUT2D eigenvalue weighted by molar-refractivity contribution is -0.384. The summed E-state index contributed by atoms with van der Waals surface area (Å²) in [7, 11) is 1.84. The SMILES string of the molecule is CCNc1cc([N+](=O)[O-])cc(N(C)Cc2csc(C)n2)n1. The second kappa shape index (κ2) is 6.49. The normalized spacial score (nSPS) is 10.4. The van der Waals surface area contributed by atoms with E-state index in [1.54, 1.807) is 11.3 Å². The van der Waals surface area contributed by atoms with Crippen LogP contribution in [0.4, 0.5) is 17.3 Å². The molecule has 0 aliphatic rings. The summed E-state index contributed by atoms with van der Waals surface area (Å²) in [6.07, 6.45) is 0. The fourth-order valence-corrected chi connectivity index (χ4v) is 2.48. The van der Waals surface area contributed by atoms with Gasteiger partial charge in [-0.3, -0.25) is 10.1 Å². The van der Waals surface area contributed by atoms with Crippen molar-refractivity contribution in [3.63, 3.8) is 0 Å². The molecule has 2 rings (SSSR count). The maximum atomic E-state index is 11.0. The Labute approximate surface area is 126 Å². The highest BCUT2D eigenvalue weighted by Gasteiger charge is 2.14.